The summed E-state index contributed by atoms with van der Waals surface area (Å²) in [5.74, 6) is -2.84. The van der Waals surface area contributed by atoms with Gasteiger partial charge in [-0.15, -0.1) is 0 Å². The highest BCUT2D eigenvalue weighted by Gasteiger charge is 2.40. The van der Waals surface area contributed by atoms with Crippen LogP contribution in [0.1, 0.15) is 43.0 Å². The van der Waals surface area contributed by atoms with Gasteiger partial charge in [0, 0.05) is 16.6 Å². The molecule has 15 heteroatoms. The first-order valence-electron chi connectivity index (χ1n) is 14.4. The summed E-state index contributed by atoms with van der Waals surface area (Å²) in [4.78, 5) is 28.6. The number of nitrogens with one attached hydrogen (secondary N) is 2. The standard InChI is InChI=1S/C34H26BrFN4O7S2/c1-17-6-10-21(11-7-17)48(43,44)39-24-15-23(35)31(37)29-27(24)33(41)28-25(40-49(45,46)22-12-8-18(2)9-13-22)16-26(32(38)30(28)34(29)42)47-20-5-3-4-19(36)14-20/h3-16,39-40H,37-38H2,1-2H3. The number of carbonyl (C=O) groups is 2. The molecule has 0 radical (unpaired) electrons. The smallest absolute Gasteiger partial charge is 0.261 e. The summed E-state index contributed by atoms with van der Waals surface area (Å²) in [7, 11) is -8.70. The number of fused-ring (bicyclic) bond motifs is 2. The van der Waals surface area contributed by atoms with Gasteiger partial charge in [-0.2, -0.15) is 0 Å². The maximum Gasteiger partial charge on any atom is 0.261 e. The lowest BCUT2D eigenvalue weighted by atomic mass is 9.80. The van der Waals surface area contributed by atoms with Crippen LogP contribution in [0.15, 0.2) is 99.2 Å². The van der Waals surface area contributed by atoms with Gasteiger partial charge in [0.05, 0.1) is 54.8 Å². The van der Waals surface area contributed by atoms with Gasteiger partial charge >= 0.3 is 0 Å². The van der Waals surface area contributed by atoms with Gasteiger partial charge in [0.1, 0.15) is 11.6 Å². The number of hydrogen-bond donors (Lipinski definition) is 4. The second-order valence-electron chi connectivity index (χ2n) is 11.2. The van der Waals surface area contributed by atoms with Crippen LogP contribution < -0.4 is 25.6 Å². The largest absolute Gasteiger partial charge is 0.455 e. The maximum atomic E-state index is 14.5. The number of nitrogens with two attached hydrogens (primary N) is 2. The molecule has 6 N–H and O–H groups in total. The number of aryl methyl sites for hydroxylation is 2. The van der Waals surface area contributed by atoms with Crippen LogP contribution in [0.2, 0.25) is 0 Å². The lowest BCUT2D eigenvalue weighted by Crippen LogP contribution is -2.28. The Morgan fingerprint density at radius 2 is 1.12 bits per heavy atom. The first-order valence-corrected chi connectivity index (χ1v) is 18.1. The third kappa shape index (κ3) is 6.23. The fraction of sp³-hybridized carbons (Fsp3) is 0.0588. The molecule has 0 amide bonds. The summed E-state index contributed by atoms with van der Waals surface area (Å²) in [6.07, 6.45) is 0. The highest BCUT2D eigenvalue weighted by Crippen LogP contribution is 2.47. The van der Waals surface area contributed by atoms with Crippen molar-refractivity contribution in [2.45, 2.75) is 23.6 Å². The van der Waals surface area contributed by atoms with E-state index in [1.165, 1.54) is 48.5 Å². The zero-order valence-electron chi connectivity index (χ0n) is 25.7. The number of halogens is 2. The highest BCUT2D eigenvalue weighted by molar-refractivity contribution is 9.10. The average Bonchev–Trinajstić information content (AvgIpc) is 3.03. The number of nitrogen functional groups attached to an aromatic ring is 2. The lowest BCUT2D eigenvalue weighted by molar-refractivity contribution is 0.0981. The minimum atomic E-state index is -4.40. The van der Waals surface area contributed by atoms with Gasteiger partial charge in [-0.3, -0.25) is 19.0 Å². The molecule has 49 heavy (non-hydrogen) atoms. The van der Waals surface area contributed by atoms with Crippen LogP contribution in [0.3, 0.4) is 0 Å². The lowest BCUT2D eigenvalue weighted by Gasteiger charge is -2.27. The van der Waals surface area contributed by atoms with Crippen LogP contribution in [0.5, 0.6) is 11.5 Å². The normalized spacial score (nSPS) is 12.7. The Bertz CT molecular complexity index is 2440. The molecule has 0 saturated heterocycles. The van der Waals surface area contributed by atoms with Crippen molar-refractivity contribution in [3.8, 4) is 11.5 Å². The summed E-state index contributed by atoms with van der Waals surface area (Å²) in [5, 5.41) is 0. The van der Waals surface area contributed by atoms with Crippen molar-refractivity contribution in [1.82, 2.24) is 0 Å². The molecule has 5 aromatic carbocycles. The minimum absolute atomic E-state index is 0.0379. The molecule has 0 unspecified atom stereocenters. The topological polar surface area (TPSA) is 188 Å². The van der Waals surface area contributed by atoms with E-state index in [9.17, 15) is 30.8 Å². The Labute approximate surface area is 289 Å². The quantitative estimate of drug-likeness (QED) is 0.125. The summed E-state index contributed by atoms with van der Waals surface area (Å²) < 4.78 is 78.8. The van der Waals surface area contributed by atoms with E-state index in [-0.39, 0.29) is 48.4 Å². The zero-order valence-corrected chi connectivity index (χ0v) is 28.9. The molecule has 11 nitrogen and oxygen atoms in total. The van der Waals surface area contributed by atoms with Crippen LogP contribution in [0.25, 0.3) is 0 Å². The molecule has 0 heterocycles. The summed E-state index contributed by atoms with van der Waals surface area (Å²) in [5.41, 5.74) is 11.3. The number of ketones is 2. The first kappa shape index (κ1) is 33.6. The third-order valence-corrected chi connectivity index (χ3v) is 11.1. The fourth-order valence-corrected chi connectivity index (χ4v) is 7.83. The van der Waals surface area contributed by atoms with Gasteiger partial charge in [-0.25, -0.2) is 21.2 Å². The molecule has 0 bridgehead atoms. The molecule has 0 saturated carbocycles. The van der Waals surface area contributed by atoms with Crippen LogP contribution in [-0.4, -0.2) is 28.4 Å². The predicted molar refractivity (Wildman–Crippen MR) is 187 cm³/mol. The molecule has 0 fully saturated rings. The SMILES string of the molecule is Cc1ccc(S(=O)(=O)Nc2cc(Br)c(N)c3c2C(=O)c2c(NS(=O)(=O)c4ccc(C)cc4)cc(Oc4cccc(F)c4)c(N)c2C3=O)cc1. The van der Waals surface area contributed by atoms with Crippen LogP contribution in [0.4, 0.5) is 27.1 Å². The molecule has 0 aliphatic heterocycles. The highest BCUT2D eigenvalue weighted by atomic mass is 79.9. The molecule has 1 aliphatic carbocycles. The van der Waals surface area contributed by atoms with Crippen molar-refractivity contribution >= 4 is 70.3 Å². The van der Waals surface area contributed by atoms with Crippen molar-refractivity contribution in [3.05, 3.63) is 129 Å². The van der Waals surface area contributed by atoms with E-state index in [1.807, 2.05) is 0 Å². The number of carbonyl (C=O) groups excluding carboxylic acids is 2. The Morgan fingerprint density at radius 1 is 0.653 bits per heavy atom. The molecule has 1 aliphatic rings. The molecular formula is C34H26BrFN4O7S2. The first-order chi connectivity index (χ1) is 23.1. The molecular weight excluding hydrogens is 739 g/mol. The molecule has 6 rings (SSSR count). The van der Waals surface area contributed by atoms with E-state index in [1.54, 1.807) is 38.1 Å². The number of rotatable bonds is 8. The predicted octanol–water partition coefficient (Wildman–Crippen LogP) is 6.54. The van der Waals surface area contributed by atoms with Crippen molar-refractivity contribution in [1.29, 1.82) is 0 Å². The Hall–Kier alpha value is -5.25. The summed E-state index contributed by atoms with van der Waals surface area (Å²) in [6, 6.07) is 19.1. The second-order valence-corrected chi connectivity index (χ2v) is 15.4. The third-order valence-electron chi connectivity index (χ3n) is 7.73. The number of anilines is 4. The monoisotopic (exact) mass is 764 g/mol. The number of ether oxygens (including phenoxy) is 1. The van der Waals surface area contributed by atoms with Gasteiger partial charge in [-0.1, -0.05) is 41.5 Å². The van der Waals surface area contributed by atoms with E-state index < -0.39 is 59.8 Å². The Morgan fingerprint density at radius 3 is 1.63 bits per heavy atom. The van der Waals surface area contributed by atoms with Gasteiger partial charge in [0.2, 0.25) is 0 Å². The molecule has 250 valence electrons. The Balaban J connectivity index is 1.57. The molecule has 5 aromatic rings. The Kier molecular flexibility index (Phi) is 8.46. The van der Waals surface area contributed by atoms with Gasteiger partial charge < -0.3 is 16.2 Å². The van der Waals surface area contributed by atoms with Crippen LogP contribution >= 0.6 is 15.9 Å². The van der Waals surface area contributed by atoms with Gasteiger partial charge in [0.15, 0.2) is 17.3 Å². The van der Waals surface area contributed by atoms with Crippen molar-refractivity contribution in [2.24, 2.45) is 0 Å². The molecule has 0 atom stereocenters. The summed E-state index contributed by atoms with van der Waals surface area (Å²) in [6.45, 7) is 3.55. The van der Waals surface area contributed by atoms with Crippen molar-refractivity contribution in [3.63, 3.8) is 0 Å². The average molecular weight is 766 g/mol. The van der Waals surface area contributed by atoms with E-state index in [2.05, 4.69) is 25.4 Å². The van der Waals surface area contributed by atoms with E-state index in [4.69, 9.17) is 16.2 Å². The van der Waals surface area contributed by atoms with Crippen molar-refractivity contribution < 1.29 is 35.6 Å². The molecule has 0 spiro atoms. The fourth-order valence-electron chi connectivity index (χ4n) is 5.28. The zero-order chi connectivity index (χ0) is 35.4. The van der Waals surface area contributed by atoms with Gasteiger partial charge in [0.25, 0.3) is 20.0 Å². The number of benzene rings is 5. The van der Waals surface area contributed by atoms with E-state index in [0.717, 1.165) is 23.3 Å². The number of hydrogen-bond acceptors (Lipinski definition) is 9. The maximum absolute atomic E-state index is 14.5. The van der Waals surface area contributed by atoms with Gasteiger partial charge in [-0.05, 0) is 72.2 Å². The van der Waals surface area contributed by atoms with Crippen LogP contribution in [-0.2, 0) is 20.0 Å². The minimum Gasteiger partial charge on any atom is -0.455 e. The molecule has 0 aromatic heterocycles. The second kappa shape index (κ2) is 12.3. The summed E-state index contributed by atoms with van der Waals surface area (Å²) >= 11 is 3.25. The van der Waals surface area contributed by atoms with E-state index >= 15 is 0 Å². The van der Waals surface area contributed by atoms with Crippen molar-refractivity contribution in [2.75, 3.05) is 20.9 Å². The number of sulfonamides is 2. The van der Waals surface area contributed by atoms with E-state index in [0.29, 0.717) is 0 Å². The van der Waals surface area contributed by atoms with Crippen LogP contribution in [0, 0.1) is 19.7 Å².